The summed E-state index contributed by atoms with van der Waals surface area (Å²) in [5, 5.41) is 10.5. The maximum Gasteiger partial charge on any atom is 0.233 e. The first-order valence-corrected chi connectivity index (χ1v) is 9.68. The van der Waals surface area contributed by atoms with Crippen LogP contribution in [0.4, 0.5) is 0 Å². The lowest BCUT2D eigenvalue weighted by Crippen LogP contribution is -2.59. The number of nitrogens with zero attached hydrogens (tertiary/aromatic N) is 3. The molecule has 0 spiro atoms. The summed E-state index contributed by atoms with van der Waals surface area (Å²) in [6, 6.07) is 10.2. The lowest BCUT2D eigenvalue weighted by molar-refractivity contribution is -0.133. The fourth-order valence-corrected chi connectivity index (χ4v) is 4.30. The Morgan fingerprint density at radius 1 is 1.17 bits per heavy atom. The average molecular weight is 350 g/mol. The third kappa shape index (κ3) is 4.51. The number of carbonyl (C=O) groups is 1. The van der Waals surface area contributed by atoms with Crippen LogP contribution in [0.1, 0.15) is 6.42 Å². The summed E-state index contributed by atoms with van der Waals surface area (Å²) >= 11 is 1.56. The number of hydrogen-bond donors (Lipinski definition) is 1. The summed E-state index contributed by atoms with van der Waals surface area (Å²) in [5.41, 5.74) is 0. The van der Waals surface area contributed by atoms with Gasteiger partial charge < -0.3 is 14.9 Å². The van der Waals surface area contributed by atoms with Gasteiger partial charge in [-0.05, 0) is 25.6 Å². The zero-order valence-electron chi connectivity index (χ0n) is 14.3. The molecule has 2 atom stereocenters. The van der Waals surface area contributed by atoms with Crippen molar-refractivity contribution < 1.29 is 9.90 Å². The highest BCUT2D eigenvalue weighted by Crippen LogP contribution is 2.21. The van der Waals surface area contributed by atoms with Gasteiger partial charge in [0.05, 0.1) is 11.9 Å². The van der Waals surface area contributed by atoms with Crippen molar-refractivity contribution in [2.75, 3.05) is 52.1 Å². The highest BCUT2D eigenvalue weighted by molar-refractivity contribution is 8.00. The van der Waals surface area contributed by atoms with Gasteiger partial charge in [-0.2, -0.15) is 0 Å². The molecule has 0 saturated carbocycles. The van der Waals surface area contributed by atoms with Crippen molar-refractivity contribution in [2.45, 2.75) is 23.5 Å². The van der Waals surface area contributed by atoms with Crippen LogP contribution in [0.2, 0.25) is 0 Å². The van der Waals surface area contributed by atoms with Crippen LogP contribution < -0.4 is 0 Å². The summed E-state index contributed by atoms with van der Waals surface area (Å²) in [6.45, 7) is 5.35. The van der Waals surface area contributed by atoms with E-state index >= 15 is 0 Å². The molecule has 0 aromatic heterocycles. The van der Waals surface area contributed by atoms with Crippen LogP contribution in [-0.2, 0) is 4.79 Å². The molecular weight excluding hydrogens is 322 g/mol. The van der Waals surface area contributed by atoms with Gasteiger partial charge in [-0.3, -0.25) is 9.69 Å². The van der Waals surface area contributed by atoms with Gasteiger partial charge in [-0.15, -0.1) is 11.8 Å². The Labute approximate surface area is 148 Å². The Morgan fingerprint density at radius 2 is 1.88 bits per heavy atom. The first kappa shape index (κ1) is 17.7. The molecule has 2 saturated heterocycles. The Kier molecular flexibility index (Phi) is 6.16. The molecule has 0 unspecified atom stereocenters. The first-order valence-electron chi connectivity index (χ1n) is 8.70. The molecule has 5 nitrogen and oxygen atoms in total. The highest BCUT2D eigenvalue weighted by atomic mass is 32.2. The number of aliphatic hydroxyl groups excluding tert-OH is 1. The molecule has 132 valence electrons. The third-order valence-electron chi connectivity index (χ3n) is 5.01. The predicted octanol–water partition coefficient (Wildman–Crippen LogP) is 0.988. The molecule has 2 heterocycles. The molecule has 2 fully saturated rings. The Balaban J connectivity index is 1.47. The summed E-state index contributed by atoms with van der Waals surface area (Å²) in [6.07, 6.45) is 0.430. The van der Waals surface area contributed by atoms with Crippen LogP contribution in [-0.4, -0.2) is 89.9 Å². The molecule has 24 heavy (non-hydrogen) atoms. The van der Waals surface area contributed by atoms with E-state index in [1.165, 1.54) is 0 Å². The van der Waals surface area contributed by atoms with E-state index in [0.29, 0.717) is 12.3 Å². The van der Waals surface area contributed by atoms with E-state index in [4.69, 9.17) is 0 Å². The van der Waals surface area contributed by atoms with E-state index in [-0.39, 0.29) is 11.9 Å². The van der Waals surface area contributed by atoms with Gasteiger partial charge in [0.15, 0.2) is 0 Å². The molecule has 0 radical (unpaired) electrons. The summed E-state index contributed by atoms with van der Waals surface area (Å²) < 4.78 is 0. The number of likely N-dealkylation sites (tertiary alicyclic amines) is 1. The van der Waals surface area contributed by atoms with Crippen molar-refractivity contribution in [3.63, 3.8) is 0 Å². The van der Waals surface area contributed by atoms with Gasteiger partial charge in [-0.25, -0.2) is 0 Å². The number of piperidine rings is 1. The van der Waals surface area contributed by atoms with Crippen LogP contribution in [0.25, 0.3) is 0 Å². The van der Waals surface area contributed by atoms with Gasteiger partial charge in [0, 0.05) is 50.2 Å². The van der Waals surface area contributed by atoms with E-state index in [9.17, 15) is 9.90 Å². The molecular formula is C18H27N3O2S. The normalized spacial score (nSPS) is 26.5. The van der Waals surface area contributed by atoms with E-state index in [1.807, 2.05) is 35.2 Å². The van der Waals surface area contributed by atoms with Crippen LogP contribution in [0.5, 0.6) is 0 Å². The van der Waals surface area contributed by atoms with Crippen molar-refractivity contribution >= 4 is 17.7 Å². The standard InChI is InChI=1S/C18H27N3O2S/c1-19-9-11-20(12-10-19)16-7-8-21(13-17(16)22)18(23)14-24-15-5-3-2-4-6-15/h2-6,16-17,22H,7-14H2,1H3/t16-,17-/m1/s1. The topological polar surface area (TPSA) is 47.0 Å². The lowest BCUT2D eigenvalue weighted by atomic mass is 9.99. The van der Waals surface area contributed by atoms with Gasteiger partial charge in [0.2, 0.25) is 5.91 Å². The molecule has 6 heteroatoms. The number of piperazine rings is 1. The van der Waals surface area contributed by atoms with Crippen molar-refractivity contribution in [3.8, 4) is 0 Å². The molecule has 0 aliphatic carbocycles. The molecule has 1 amide bonds. The largest absolute Gasteiger partial charge is 0.390 e. The first-order chi connectivity index (χ1) is 11.6. The quantitative estimate of drug-likeness (QED) is 0.822. The van der Waals surface area contributed by atoms with Crippen LogP contribution in [0.15, 0.2) is 35.2 Å². The second-order valence-corrected chi connectivity index (χ2v) is 7.75. The fraction of sp³-hybridized carbons (Fsp3) is 0.611. The number of rotatable bonds is 4. The zero-order valence-corrected chi connectivity index (χ0v) is 15.1. The van der Waals surface area contributed by atoms with Gasteiger partial charge in [-0.1, -0.05) is 18.2 Å². The Hall–Kier alpha value is -1.08. The van der Waals surface area contributed by atoms with Crippen LogP contribution in [0, 0.1) is 0 Å². The summed E-state index contributed by atoms with van der Waals surface area (Å²) in [7, 11) is 2.14. The second kappa shape index (κ2) is 8.34. The minimum Gasteiger partial charge on any atom is -0.390 e. The van der Waals surface area contributed by atoms with E-state index in [2.05, 4.69) is 16.8 Å². The number of amides is 1. The molecule has 1 aromatic rings. The predicted molar refractivity (Wildman–Crippen MR) is 97.2 cm³/mol. The number of carbonyl (C=O) groups excluding carboxylic acids is 1. The minimum absolute atomic E-state index is 0.125. The fourth-order valence-electron chi connectivity index (χ4n) is 3.48. The lowest BCUT2D eigenvalue weighted by Gasteiger charge is -2.44. The SMILES string of the molecule is CN1CCN([C@@H]2CCN(C(=O)CSc3ccccc3)C[C@H]2O)CC1. The number of thioether (sulfide) groups is 1. The van der Waals surface area contributed by atoms with E-state index in [0.717, 1.165) is 44.0 Å². The minimum atomic E-state index is -0.437. The number of aliphatic hydroxyl groups is 1. The second-order valence-electron chi connectivity index (χ2n) is 6.70. The van der Waals surface area contributed by atoms with Crippen molar-refractivity contribution in [3.05, 3.63) is 30.3 Å². The van der Waals surface area contributed by atoms with Crippen molar-refractivity contribution in [2.24, 2.45) is 0 Å². The molecule has 1 aromatic carbocycles. The average Bonchev–Trinajstić information content (AvgIpc) is 2.61. The molecule has 1 N–H and O–H groups in total. The van der Waals surface area contributed by atoms with Gasteiger partial charge >= 0.3 is 0 Å². The Morgan fingerprint density at radius 3 is 2.54 bits per heavy atom. The van der Waals surface area contributed by atoms with Crippen LogP contribution >= 0.6 is 11.8 Å². The molecule has 2 aliphatic heterocycles. The summed E-state index contributed by atoms with van der Waals surface area (Å²) in [5.74, 6) is 0.565. The van der Waals surface area contributed by atoms with Crippen LogP contribution in [0.3, 0.4) is 0 Å². The summed E-state index contributed by atoms with van der Waals surface area (Å²) in [4.78, 5) is 20.1. The van der Waals surface area contributed by atoms with Crippen molar-refractivity contribution in [1.82, 2.24) is 14.7 Å². The highest BCUT2D eigenvalue weighted by Gasteiger charge is 2.34. The Bertz CT molecular complexity index is 534. The number of benzene rings is 1. The van der Waals surface area contributed by atoms with Gasteiger partial charge in [0.1, 0.15) is 0 Å². The number of β-amino-alcohol motifs (C(OH)–C–C–N with tert-alkyl or cyclic N) is 1. The van der Waals surface area contributed by atoms with E-state index < -0.39 is 6.10 Å². The maximum absolute atomic E-state index is 12.4. The number of likely N-dealkylation sites (N-methyl/N-ethyl adjacent to an activating group) is 1. The maximum atomic E-state index is 12.4. The smallest absolute Gasteiger partial charge is 0.233 e. The van der Waals surface area contributed by atoms with Crippen molar-refractivity contribution in [1.29, 1.82) is 0 Å². The monoisotopic (exact) mass is 349 g/mol. The molecule has 0 bridgehead atoms. The molecule has 2 aliphatic rings. The van der Waals surface area contributed by atoms with E-state index in [1.54, 1.807) is 11.8 Å². The number of hydrogen-bond acceptors (Lipinski definition) is 5. The zero-order chi connectivity index (χ0) is 16.9. The van der Waals surface area contributed by atoms with Gasteiger partial charge in [0.25, 0.3) is 0 Å². The third-order valence-corrected chi connectivity index (χ3v) is 6.01. The molecule has 3 rings (SSSR count).